The standard InChI is InChI=1S/C15H27N3O3/c1-2-21-10-4-6-14(19)17-8-3-5-13(12-17)18-9-7-16-11-15(18)20/h13,16H,2-12H2,1H3. The van der Waals surface area contributed by atoms with Gasteiger partial charge in [-0.1, -0.05) is 0 Å². The van der Waals surface area contributed by atoms with Crippen molar-refractivity contribution in [2.45, 2.75) is 38.6 Å². The van der Waals surface area contributed by atoms with E-state index in [1.54, 1.807) is 0 Å². The van der Waals surface area contributed by atoms with E-state index in [1.165, 1.54) is 0 Å². The van der Waals surface area contributed by atoms with Gasteiger partial charge in [0.25, 0.3) is 0 Å². The highest BCUT2D eigenvalue weighted by Gasteiger charge is 2.31. The molecule has 120 valence electrons. The van der Waals surface area contributed by atoms with Gasteiger partial charge in [-0.15, -0.1) is 0 Å². The van der Waals surface area contributed by atoms with E-state index in [1.807, 2.05) is 16.7 Å². The largest absolute Gasteiger partial charge is 0.382 e. The van der Waals surface area contributed by atoms with Gasteiger partial charge in [-0.05, 0) is 26.2 Å². The molecule has 0 saturated carbocycles. The van der Waals surface area contributed by atoms with Crippen LogP contribution < -0.4 is 5.32 Å². The molecule has 2 saturated heterocycles. The molecule has 6 heteroatoms. The van der Waals surface area contributed by atoms with Crippen LogP contribution in [0.25, 0.3) is 0 Å². The Labute approximate surface area is 126 Å². The molecule has 2 aliphatic heterocycles. The monoisotopic (exact) mass is 297 g/mol. The number of hydrogen-bond acceptors (Lipinski definition) is 4. The predicted octanol–water partition coefficient (Wildman–Crippen LogP) is 0.226. The minimum atomic E-state index is 0.164. The average molecular weight is 297 g/mol. The lowest BCUT2D eigenvalue weighted by atomic mass is 10.0. The van der Waals surface area contributed by atoms with Crippen LogP contribution in [0.5, 0.6) is 0 Å². The Bertz CT molecular complexity index is 362. The van der Waals surface area contributed by atoms with Crippen LogP contribution in [0.4, 0.5) is 0 Å². The summed E-state index contributed by atoms with van der Waals surface area (Å²) in [6.45, 7) is 6.87. The smallest absolute Gasteiger partial charge is 0.236 e. The molecule has 0 spiro atoms. The van der Waals surface area contributed by atoms with Crippen LogP contribution in [0, 0.1) is 0 Å². The number of carbonyl (C=O) groups excluding carboxylic acids is 2. The van der Waals surface area contributed by atoms with Gasteiger partial charge < -0.3 is 19.9 Å². The fraction of sp³-hybridized carbons (Fsp3) is 0.867. The number of likely N-dealkylation sites (tertiary alicyclic amines) is 1. The van der Waals surface area contributed by atoms with Crippen LogP contribution in [0.2, 0.25) is 0 Å². The van der Waals surface area contributed by atoms with Crippen LogP contribution in [0.15, 0.2) is 0 Å². The second-order valence-corrected chi connectivity index (χ2v) is 5.70. The van der Waals surface area contributed by atoms with E-state index in [0.29, 0.717) is 32.7 Å². The fourth-order valence-corrected chi connectivity index (χ4v) is 3.07. The third-order valence-electron chi connectivity index (χ3n) is 4.20. The van der Waals surface area contributed by atoms with Gasteiger partial charge in [0.05, 0.1) is 6.54 Å². The van der Waals surface area contributed by atoms with Gasteiger partial charge in [-0.25, -0.2) is 0 Å². The SMILES string of the molecule is CCOCCCC(=O)N1CCCC(N2CCNCC2=O)C1. The van der Waals surface area contributed by atoms with Gasteiger partial charge in [0.15, 0.2) is 0 Å². The predicted molar refractivity (Wildman–Crippen MR) is 79.9 cm³/mol. The first kappa shape index (κ1) is 16.2. The minimum Gasteiger partial charge on any atom is -0.382 e. The quantitative estimate of drug-likeness (QED) is 0.713. The Hall–Kier alpha value is -1.14. The van der Waals surface area contributed by atoms with Gasteiger partial charge in [-0.2, -0.15) is 0 Å². The minimum absolute atomic E-state index is 0.164. The summed E-state index contributed by atoms with van der Waals surface area (Å²) in [5.41, 5.74) is 0. The maximum Gasteiger partial charge on any atom is 0.236 e. The number of ether oxygens (including phenoxy) is 1. The van der Waals surface area contributed by atoms with E-state index >= 15 is 0 Å². The van der Waals surface area contributed by atoms with Crippen molar-refractivity contribution in [3.63, 3.8) is 0 Å². The molecule has 1 N–H and O–H groups in total. The summed E-state index contributed by atoms with van der Waals surface area (Å²) < 4.78 is 5.27. The summed E-state index contributed by atoms with van der Waals surface area (Å²) in [6, 6.07) is 0.198. The maximum atomic E-state index is 12.2. The molecular formula is C15H27N3O3. The number of nitrogens with zero attached hydrogens (tertiary/aromatic N) is 2. The third kappa shape index (κ3) is 4.68. The lowest BCUT2D eigenvalue weighted by Crippen LogP contribution is -2.57. The van der Waals surface area contributed by atoms with Gasteiger partial charge >= 0.3 is 0 Å². The Kier molecular flexibility index (Phi) is 6.45. The summed E-state index contributed by atoms with van der Waals surface area (Å²) in [7, 11) is 0. The molecule has 6 nitrogen and oxygen atoms in total. The van der Waals surface area contributed by atoms with Gasteiger partial charge in [0, 0.05) is 51.9 Å². The second-order valence-electron chi connectivity index (χ2n) is 5.70. The Morgan fingerprint density at radius 3 is 3.05 bits per heavy atom. The van der Waals surface area contributed by atoms with Crippen LogP contribution in [-0.4, -0.2) is 73.6 Å². The van der Waals surface area contributed by atoms with Crippen molar-refractivity contribution in [2.75, 3.05) is 45.9 Å². The third-order valence-corrected chi connectivity index (χ3v) is 4.20. The molecule has 0 radical (unpaired) electrons. The van der Waals surface area contributed by atoms with Gasteiger partial charge in [-0.3, -0.25) is 9.59 Å². The molecule has 0 aromatic carbocycles. The first-order chi connectivity index (χ1) is 10.2. The molecule has 2 heterocycles. The van der Waals surface area contributed by atoms with E-state index < -0.39 is 0 Å². The Balaban J connectivity index is 1.79. The van der Waals surface area contributed by atoms with Gasteiger partial charge in [0.2, 0.25) is 11.8 Å². The zero-order chi connectivity index (χ0) is 15.1. The molecule has 2 amide bonds. The maximum absolute atomic E-state index is 12.2. The van der Waals surface area contributed by atoms with Crippen LogP contribution in [-0.2, 0) is 14.3 Å². The number of hydrogen-bond donors (Lipinski definition) is 1. The van der Waals surface area contributed by atoms with Crippen molar-refractivity contribution in [1.82, 2.24) is 15.1 Å². The molecule has 2 aliphatic rings. The lowest BCUT2D eigenvalue weighted by molar-refractivity contribution is -0.140. The first-order valence-corrected chi connectivity index (χ1v) is 8.08. The summed E-state index contributed by atoms with van der Waals surface area (Å²) in [6.07, 6.45) is 3.32. The molecule has 21 heavy (non-hydrogen) atoms. The van der Waals surface area contributed by atoms with Crippen molar-refractivity contribution in [1.29, 1.82) is 0 Å². The van der Waals surface area contributed by atoms with Crippen molar-refractivity contribution in [3.8, 4) is 0 Å². The molecular weight excluding hydrogens is 270 g/mol. The van der Waals surface area contributed by atoms with E-state index in [0.717, 1.165) is 38.9 Å². The average Bonchev–Trinajstić information content (AvgIpc) is 2.52. The lowest BCUT2D eigenvalue weighted by Gasteiger charge is -2.41. The van der Waals surface area contributed by atoms with E-state index in [2.05, 4.69) is 5.32 Å². The van der Waals surface area contributed by atoms with E-state index in [-0.39, 0.29) is 17.9 Å². The second kappa shape index (κ2) is 8.34. The summed E-state index contributed by atoms with van der Waals surface area (Å²) in [5.74, 6) is 0.360. The molecule has 0 bridgehead atoms. The zero-order valence-electron chi connectivity index (χ0n) is 13.0. The molecule has 2 fully saturated rings. The van der Waals surface area contributed by atoms with Crippen molar-refractivity contribution >= 4 is 11.8 Å². The summed E-state index contributed by atoms with van der Waals surface area (Å²) >= 11 is 0. The van der Waals surface area contributed by atoms with Crippen molar-refractivity contribution < 1.29 is 14.3 Å². The molecule has 2 rings (SSSR count). The number of carbonyl (C=O) groups is 2. The fourth-order valence-electron chi connectivity index (χ4n) is 3.07. The Morgan fingerprint density at radius 1 is 1.43 bits per heavy atom. The van der Waals surface area contributed by atoms with Crippen LogP contribution in [0.3, 0.4) is 0 Å². The number of nitrogens with one attached hydrogen (secondary N) is 1. The summed E-state index contributed by atoms with van der Waals surface area (Å²) in [4.78, 5) is 28.1. The molecule has 0 aromatic heterocycles. The number of rotatable bonds is 6. The van der Waals surface area contributed by atoms with Crippen molar-refractivity contribution in [3.05, 3.63) is 0 Å². The topological polar surface area (TPSA) is 61.9 Å². The van der Waals surface area contributed by atoms with Gasteiger partial charge in [0.1, 0.15) is 0 Å². The van der Waals surface area contributed by atoms with E-state index in [4.69, 9.17) is 4.74 Å². The van der Waals surface area contributed by atoms with Crippen molar-refractivity contribution in [2.24, 2.45) is 0 Å². The molecule has 0 aliphatic carbocycles. The first-order valence-electron chi connectivity index (χ1n) is 8.08. The number of piperidine rings is 1. The number of amides is 2. The summed E-state index contributed by atoms with van der Waals surface area (Å²) in [5, 5.41) is 3.09. The number of piperazine rings is 1. The highest BCUT2D eigenvalue weighted by molar-refractivity contribution is 5.80. The molecule has 1 unspecified atom stereocenters. The molecule has 0 aromatic rings. The molecule has 1 atom stereocenters. The normalized spacial score (nSPS) is 23.5. The zero-order valence-corrected chi connectivity index (χ0v) is 13.0. The van der Waals surface area contributed by atoms with Crippen LogP contribution >= 0.6 is 0 Å². The highest BCUT2D eigenvalue weighted by atomic mass is 16.5. The van der Waals surface area contributed by atoms with Crippen LogP contribution in [0.1, 0.15) is 32.6 Å². The van der Waals surface area contributed by atoms with E-state index in [9.17, 15) is 9.59 Å². The Morgan fingerprint density at radius 2 is 2.29 bits per heavy atom. The highest BCUT2D eigenvalue weighted by Crippen LogP contribution is 2.18.